The second kappa shape index (κ2) is 6.69. The molecule has 1 heterocycles. The average molecular weight is 292 g/mol. The molecule has 0 aromatic heterocycles. The molecule has 114 valence electrons. The van der Waals surface area contributed by atoms with Crippen LogP contribution in [0.5, 0.6) is 0 Å². The van der Waals surface area contributed by atoms with Gasteiger partial charge in [-0.2, -0.15) is 0 Å². The summed E-state index contributed by atoms with van der Waals surface area (Å²) in [7, 11) is 1.74. The van der Waals surface area contributed by atoms with Crippen LogP contribution >= 0.6 is 0 Å². The molecule has 0 aliphatic carbocycles. The number of nitrogens with zero attached hydrogens (tertiary/aromatic N) is 1. The van der Waals surface area contributed by atoms with Gasteiger partial charge < -0.3 is 15.2 Å². The second-order valence-corrected chi connectivity index (χ2v) is 5.38. The number of rotatable bonds is 5. The molecule has 2 rings (SSSR count). The molecule has 6 nitrogen and oxygen atoms in total. The van der Waals surface area contributed by atoms with Gasteiger partial charge in [0.05, 0.1) is 25.7 Å². The Balaban J connectivity index is 1.90. The number of nitrogens with one attached hydrogen (secondary N) is 1. The highest BCUT2D eigenvalue weighted by Gasteiger charge is 2.37. The smallest absolute Gasteiger partial charge is 0.310 e. The molecule has 0 spiro atoms. The number of hydrogen-bond acceptors (Lipinski definition) is 4. The summed E-state index contributed by atoms with van der Waals surface area (Å²) in [6.07, 6.45) is 0. The number of likely N-dealkylation sites (N-methyl/N-ethyl adjacent to an activating group) is 1. The number of carboxylic acids is 1. The number of carboxylic acid groups (broad SMARTS) is 1. The van der Waals surface area contributed by atoms with E-state index >= 15 is 0 Å². The van der Waals surface area contributed by atoms with Gasteiger partial charge in [0.2, 0.25) is 5.91 Å². The molecule has 1 fully saturated rings. The van der Waals surface area contributed by atoms with Gasteiger partial charge in [-0.05, 0) is 26.1 Å². The fourth-order valence-electron chi connectivity index (χ4n) is 2.39. The van der Waals surface area contributed by atoms with E-state index in [1.54, 1.807) is 11.9 Å². The van der Waals surface area contributed by atoms with Crippen molar-refractivity contribution in [3.8, 4) is 0 Å². The van der Waals surface area contributed by atoms with E-state index in [1.807, 2.05) is 31.2 Å². The van der Waals surface area contributed by atoms with Crippen molar-refractivity contribution in [1.82, 2.24) is 4.90 Å². The van der Waals surface area contributed by atoms with Crippen LogP contribution < -0.4 is 5.32 Å². The molecule has 2 N–H and O–H groups in total. The predicted molar refractivity (Wildman–Crippen MR) is 78.2 cm³/mol. The van der Waals surface area contributed by atoms with Crippen molar-refractivity contribution in [3.63, 3.8) is 0 Å². The Bertz CT molecular complexity index is 515. The highest BCUT2D eigenvalue weighted by Crippen LogP contribution is 2.19. The largest absolute Gasteiger partial charge is 0.481 e. The Morgan fingerprint density at radius 3 is 2.62 bits per heavy atom. The van der Waals surface area contributed by atoms with E-state index < -0.39 is 11.9 Å². The minimum atomic E-state index is -0.886. The molecule has 0 saturated carbocycles. The maximum atomic E-state index is 12.0. The van der Waals surface area contributed by atoms with E-state index in [0.717, 1.165) is 11.3 Å². The molecule has 1 aliphatic rings. The van der Waals surface area contributed by atoms with Crippen LogP contribution in [-0.4, -0.2) is 54.7 Å². The Kier molecular flexibility index (Phi) is 4.93. The fourth-order valence-corrected chi connectivity index (χ4v) is 2.39. The zero-order chi connectivity index (χ0) is 15.4. The molecule has 2 unspecified atom stereocenters. The molecule has 1 aliphatic heterocycles. The van der Waals surface area contributed by atoms with E-state index in [1.165, 1.54) is 0 Å². The molecule has 0 radical (unpaired) electrons. The first kappa shape index (κ1) is 15.5. The second-order valence-electron chi connectivity index (χ2n) is 5.38. The first-order valence-corrected chi connectivity index (χ1v) is 6.84. The van der Waals surface area contributed by atoms with Crippen LogP contribution in [0.3, 0.4) is 0 Å². The lowest BCUT2D eigenvalue weighted by Gasteiger charge is -2.25. The molecular weight excluding hydrogens is 272 g/mol. The van der Waals surface area contributed by atoms with Crippen LogP contribution in [0.1, 0.15) is 5.56 Å². The van der Waals surface area contributed by atoms with Crippen LogP contribution in [0.4, 0.5) is 5.69 Å². The third-order valence-electron chi connectivity index (χ3n) is 3.66. The van der Waals surface area contributed by atoms with Crippen LogP contribution in [-0.2, 0) is 14.3 Å². The summed E-state index contributed by atoms with van der Waals surface area (Å²) >= 11 is 0. The van der Waals surface area contributed by atoms with Crippen LogP contribution in [0.2, 0.25) is 0 Å². The maximum absolute atomic E-state index is 12.0. The molecule has 1 aromatic carbocycles. The van der Waals surface area contributed by atoms with Crippen molar-refractivity contribution in [2.45, 2.75) is 13.0 Å². The van der Waals surface area contributed by atoms with Gasteiger partial charge in [-0.25, -0.2) is 0 Å². The molecule has 2 atom stereocenters. The first-order chi connectivity index (χ1) is 9.97. The number of aryl methyl sites for hydroxylation is 1. The summed E-state index contributed by atoms with van der Waals surface area (Å²) in [5.41, 5.74) is 1.86. The number of aliphatic carboxylic acids is 1. The van der Waals surface area contributed by atoms with E-state index in [2.05, 4.69) is 5.32 Å². The summed E-state index contributed by atoms with van der Waals surface area (Å²) in [5.74, 6) is -1.64. The van der Waals surface area contributed by atoms with Gasteiger partial charge in [-0.3, -0.25) is 14.5 Å². The molecule has 1 amide bonds. The zero-order valence-electron chi connectivity index (χ0n) is 12.2. The molecular formula is C15H20N2O4. The SMILES string of the molecule is Cc1ccc(NC(=O)CN(C)C2COCC2C(=O)O)cc1. The van der Waals surface area contributed by atoms with E-state index in [-0.39, 0.29) is 25.1 Å². The Hall–Kier alpha value is -1.92. The van der Waals surface area contributed by atoms with Crippen LogP contribution in [0.25, 0.3) is 0 Å². The fraction of sp³-hybridized carbons (Fsp3) is 0.467. The highest BCUT2D eigenvalue weighted by molar-refractivity contribution is 5.92. The number of carbonyl (C=O) groups excluding carboxylic acids is 1. The van der Waals surface area contributed by atoms with Crippen LogP contribution in [0.15, 0.2) is 24.3 Å². The maximum Gasteiger partial charge on any atom is 0.310 e. The van der Waals surface area contributed by atoms with Gasteiger partial charge >= 0.3 is 5.97 Å². The van der Waals surface area contributed by atoms with Gasteiger partial charge in [-0.15, -0.1) is 0 Å². The first-order valence-electron chi connectivity index (χ1n) is 6.84. The predicted octanol–water partition coefficient (Wildman–Crippen LogP) is 0.965. The summed E-state index contributed by atoms with van der Waals surface area (Å²) in [4.78, 5) is 24.8. The lowest BCUT2D eigenvalue weighted by atomic mass is 10.0. The molecule has 1 aromatic rings. The number of carbonyl (C=O) groups is 2. The average Bonchev–Trinajstić information content (AvgIpc) is 2.91. The summed E-state index contributed by atoms with van der Waals surface area (Å²) in [6, 6.07) is 7.25. The van der Waals surface area contributed by atoms with Gasteiger partial charge in [0, 0.05) is 11.7 Å². The Morgan fingerprint density at radius 1 is 1.33 bits per heavy atom. The van der Waals surface area contributed by atoms with Gasteiger partial charge in [0.25, 0.3) is 0 Å². The summed E-state index contributed by atoms with van der Waals surface area (Å²) in [5, 5.41) is 11.9. The molecule has 21 heavy (non-hydrogen) atoms. The molecule has 6 heteroatoms. The van der Waals surface area contributed by atoms with Crippen molar-refractivity contribution in [3.05, 3.63) is 29.8 Å². The van der Waals surface area contributed by atoms with E-state index in [0.29, 0.717) is 6.61 Å². The normalized spacial score (nSPS) is 21.5. The van der Waals surface area contributed by atoms with Crippen molar-refractivity contribution >= 4 is 17.6 Å². The third-order valence-corrected chi connectivity index (χ3v) is 3.66. The zero-order valence-corrected chi connectivity index (χ0v) is 12.2. The van der Waals surface area contributed by atoms with Crippen LogP contribution in [0, 0.1) is 12.8 Å². The van der Waals surface area contributed by atoms with Crippen molar-refractivity contribution < 1.29 is 19.4 Å². The quantitative estimate of drug-likeness (QED) is 0.845. The van der Waals surface area contributed by atoms with E-state index in [9.17, 15) is 9.59 Å². The lowest BCUT2D eigenvalue weighted by Crippen LogP contribution is -2.44. The molecule has 1 saturated heterocycles. The number of benzene rings is 1. The minimum absolute atomic E-state index is 0.131. The summed E-state index contributed by atoms with van der Waals surface area (Å²) in [6.45, 7) is 2.65. The van der Waals surface area contributed by atoms with Gasteiger partial charge in [0.15, 0.2) is 0 Å². The van der Waals surface area contributed by atoms with Gasteiger partial charge in [0.1, 0.15) is 0 Å². The van der Waals surface area contributed by atoms with Gasteiger partial charge in [-0.1, -0.05) is 17.7 Å². The van der Waals surface area contributed by atoms with Crippen molar-refractivity contribution in [1.29, 1.82) is 0 Å². The Morgan fingerprint density at radius 2 is 2.00 bits per heavy atom. The minimum Gasteiger partial charge on any atom is -0.481 e. The molecule has 0 bridgehead atoms. The number of anilines is 1. The number of ether oxygens (including phenoxy) is 1. The summed E-state index contributed by atoms with van der Waals surface area (Å²) < 4.78 is 5.21. The number of hydrogen-bond donors (Lipinski definition) is 2. The Labute approximate surface area is 123 Å². The standard InChI is InChI=1S/C15H20N2O4/c1-10-3-5-11(6-4-10)16-14(18)7-17(2)13-9-21-8-12(13)15(19)20/h3-6,12-13H,7-9H2,1-2H3,(H,16,18)(H,19,20). The third kappa shape index (κ3) is 4.03. The van der Waals surface area contributed by atoms with Crippen molar-refractivity contribution in [2.24, 2.45) is 5.92 Å². The van der Waals surface area contributed by atoms with E-state index in [4.69, 9.17) is 9.84 Å². The topological polar surface area (TPSA) is 78.9 Å². The lowest BCUT2D eigenvalue weighted by molar-refractivity contribution is -0.143. The highest BCUT2D eigenvalue weighted by atomic mass is 16.5. The monoisotopic (exact) mass is 292 g/mol. The van der Waals surface area contributed by atoms with Crippen molar-refractivity contribution in [2.75, 3.05) is 32.1 Å². The number of amides is 1.